The Morgan fingerprint density at radius 1 is 1.11 bits per heavy atom. The van der Waals surface area contributed by atoms with Gasteiger partial charge in [0.1, 0.15) is 18.0 Å². The normalized spacial score (nSPS) is 10.8. The van der Waals surface area contributed by atoms with E-state index in [1.54, 1.807) is 30.3 Å². The van der Waals surface area contributed by atoms with Crippen LogP contribution in [0.1, 0.15) is 5.76 Å². The fourth-order valence-corrected chi connectivity index (χ4v) is 2.03. The quantitative estimate of drug-likeness (QED) is 0.685. The summed E-state index contributed by atoms with van der Waals surface area (Å²) in [7, 11) is 0. The molecule has 0 fully saturated rings. The Morgan fingerprint density at radius 2 is 1.95 bits per heavy atom. The van der Waals surface area contributed by atoms with E-state index in [4.69, 9.17) is 20.8 Å². The number of fused-ring (bicyclic) bond motifs is 1. The van der Waals surface area contributed by atoms with Gasteiger partial charge in [0, 0.05) is 10.4 Å². The van der Waals surface area contributed by atoms with E-state index in [0.717, 1.165) is 11.0 Å². The van der Waals surface area contributed by atoms with E-state index in [1.807, 2.05) is 12.1 Å². The maximum Gasteiger partial charge on any atom is 0.165 e. The van der Waals surface area contributed by atoms with Crippen molar-refractivity contribution in [3.05, 3.63) is 65.1 Å². The van der Waals surface area contributed by atoms with Crippen LogP contribution < -0.4 is 4.74 Å². The highest BCUT2D eigenvalue weighted by molar-refractivity contribution is 6.31. The third-order valence-electron chi connectivity index (χ3n) is 2.74. The molecule has 0 saturated carbocycles. The van der Waals surface area contributed by atoms with Crippen molar-refractivity contribution in [3.63, 3.8) is 0 Å². The molecule has 96 valence electrons. The number of rotatable bonds is 3. The van der Waals surface area contributed by atoms with Gasteiger partial charge in [0.15, 0.2) is 11.6 Å². The molecule has 0 unspecified atom stereocenters. The van der Waals surface area contributed by atoms with Crippen LogP contribution in [-0.4, -0.2) is 0 Å². The van der Waals surface area contributed by atoms with Crippen LogP contribution in [0.15, 0.2) is 52.9 Å². The Kier molecular flexibility index (Phi) is 3.13. The maximum absolute atomic E-state index is 13.4. The molecule has 0 aliphatic carbocycles. The Balaban J connectivity index is 1.80. The Labute approximate surface area is 114 Å². The van der Waals surface area contributed by atoms with Gasteiger partial charge in [-0.25, -0.2) is 4.39 Å². The topological polar surface area (TPSA) is 22.4 Å². The minimum Gasteiger partial charge on any atom is -0.483 e. The molecule has 0 aliphatic rings. The second kappa shape index (κ2) is 4.94. The van der Waals surface area contributed by atoms with Crippen LogP contribution in [0.2, 0.25) is 5.02 Å². The SMILES string of the molecule is Fc1ccccc1OCc1cc2cc(Cl)ccc2o1. The fraction of sp³-hybridized carbons (Fsp3) is 0.0667. The molecular formula is C15H10ClFO2. The fourth-order valence-electron chi connectivity index (χ4n) is 1.85. The zero-order valence-electron chi connectivity index (χ0n) is 9.90. The molecule has 0 amide bonds. The zero-order valence-corrected chi connectivity index (χ0v) is 10.7. The first-order chi connectivity index (χ1) is 9.22. The van der Waals surface area contributed by atoms with Gasteiger partial charge in [0.25, 0.3) is 0 Å². The molecule has 0 spiro atoms. The maximum atomic E-state index is 13.4. The van der Waals surface area contributed by atoms with Crippen molar-refractivity contribution < 1.29 is 13.5 Å². The zero-order chi connectivity index (χ0) is 13.2. The smallest absolute Gasteiger partial charge is 0.165 e. The molecule has 0 bridgehead atoms. The largest absolute Gasteiger partial charge is 0.483 e. The van der Waals surface area contributed by atoms with Gasteiger partial charge in [0.2, 0.25) is 0 Å². The van der Waals surface area contributed by atoms with Crippen LogP contribution in [0, 0.1) is 5.82 Å². The number of halogens is 2. The van der Waals surface area contributed by atoms with Gasteiger partial charge < -0.3 is 9.15 Å². The predicted molar refractivity (Wildman–Crippen MR) is 72.0 cm³/mol. The molecule has 2 nitrogen and oxygen atoms in total. The minimum atomic E-state index is -0.387. The van der Waals surface area contributed by atoms with Gasteiger partial charge in [0.05, 0.1) is 0 Å². The monoisotopic (exact) mass is 276 g/mol. The summed E-state index contributed by atoms with van der Waals surface area (Å²) < 4.78 is 24.3. The summed E-state index contributed by atoms with van der Waals surface area (Å²) in [5.41, 5.74) is 0.733. The van der Waals surface area contributed by atoms with Gasteiger partial charge in [-0.3, -0.25) is 0 Å². The lowest BCUT2D eigenvalue weighted by atomic mass is 10.2. The van der Waals surface area contributed by atoms with Gasteiger partial charge in [-0.15, -0.1) is 0 Å². The van der Waals surface area contributed by atoms with Crippen molar-refractivity contribution in [2.24, 2.45) is 0 Å². The highest BCUT2D eigenvalue weighted by Gasteiger charge is 2.07. The van der Waals surface area contributed by atoms with Crippen molar-refractivity contribution in [2.45, 2.75) is 6.61 Å². The molecule has 19 heavy (non-hydrogen) atoms. The van der Waals surface area contributed by atoms with Crippen LogP contribution in [0.3, 0.4) is 0 Å². The van der Waals surface area contributed by atoms with Gasteiger partial charge >= 0.3 is 0 Å². The lowest BCUT2D eigenvalue weighted by Crippen LogP contribution is -1.95. The number of furan rings is 1. The minimum absolute atomic E-state index is 0.174. The molecule has 3 aromatic rings. The molecule has 0 atom stereocenters. The number of benzene rings is 2. The number of ether oxygens (including phenoxy) is 1. The molecule has 0 N–H and O–H groups in total. The lowest BCUT2D eigenvalue weighted by Gasteiger charge is -2.04. The summed E-state index contributed by atoms with van der Waals surface area (Å²) in [4.78, 5) is 0. The highest BCUT2D eigenvalue weighted by atomic mass is 35.5. The predicted octanol–water partition coefficient (Wildman–Crippen LogP) is 4.80. The summed E-state index contributed by atoms with van der Waals surface area (Å²) in [5, 5.41) is 1.55. The molecule has 4 heteroatoms. The second-order valence-electron chi connectivity index (χ2n) is 4.11. The highest BCUT2D eigenvalue weighted by Crippen LogP contribution is 2.24. The van der Waals surface area contributed by atoms with Crippen LogP contribution in [0.4, 0.5) is 4.39 Å². The van der Waals surface area contributed by atoms with Gasteiger partial charge in [-0.05, 0) is 36.4 Å². The molecule has 0 radical (unpaired) electrons. The molecule has 2 aromatic carbocycles. The van der Waals surface area contributed by atoms with Gasteiger partial charge in [-0.2, -0.15) is 0 Å². The van der Waals surface area contributed by atoms with Crippen molar-refractivity contribution in [1.82, 2.24) is 0 Å². The van der Waals surface area contributed by atoms with E-state index in [1.165, 1.54) is 6.07 Å². The Morgan fingerprint density at radius 3 is 2.79 bits per heavy atom. The molecule has 1 heterocycles. The number of hydrogen-bond donors (Lipinski definition) is 0. The molecular weight excluding hydrogens is 267 g/mol. The summed E-state index contributed by atoms with van der Waals surface area (Å²) in [5.74, 6) is 0.447. The van der Waals surface area contributed by atoms with Crippen molar-refractivity contribution in [1.29, 1.82) is 0 Å². The number of hydrogen-bond acceptors (Lipinski definition) is 2. The summed E-state index contributed by atoms with van der Waals surface area (Å²) in [6, 6.07) is 13.5. The first kappa shape index (κ1) is 12.1. The van der Waals surface area contributed by atoms with Crippen LogP contribution in [-0.2, 0) is 6.61 Å². The lowest BCUT2D eigenvalue weighted by molar-refractivity contribution is 0.262. The Hall–Kier alpha value is -2.00. The van der Waals surface area contributed by atoms with E-state index in [0.29, 0.717) is 10.8 Å². The average molecular weight is 277 g/mol. The van der Waals surface area contributed by atoms with Crippen LogP contribution in [0.5, 0.6) is 5.75 Å². The molecule has 3 rings (SSSR count). The number of para-hydroxylation sites is 1. The Bertz CT molecular complexity index is 721. The second-order valence-corrected chi connectivity index (χ2v) is 4.55. The summed E-state index contributed by atoms with van der Waals surface area (Å²) >= 11 is 5.90. The first-order valence-electron chi connectivity index (χ1n) is 5.78. The van der Waals surface area contributed by atoms with E-state index in [-0.39, 0.29) is 18.2 Å². The van der Waals surface area contributed by atoms with Crippen LogP contribution in [0.25, 0.3) is 11.0 Å². The van der Waals surface area contributed by atoms with Crippen molar-refractivity contribution >= 4 is 22.6 Å². The van der Waals surface area contributed by atoms with Crippen LogP contribution >= 0.6 is 11.6 Å². The van der Waals surface area contributed by atoms with E-state index in [9.17, 15) is 4.39 Å². The molecule has 0 saturated heterocycles. The molecule has 1 aromatic heterocycles. The first-order valence-corrected chi connectivity index (χ1v) is 6.15. The standard InChI is InChI=1S/C15H10ClFO2/c16-11-5-6-14-10(7-11)8-12(19-14)9-18-15-4-2-1-3-13(15)17/h1-8H,9H2. The van der Waals surface area contributed by atoms with Crippen molar-refractivity contribution in [3.8, 4) is 5.75 Å². The summed E-state index contributed by atoms with van der Waals surface area (Å²) in [6.07, 6.45) is 0. The van der Waals surface area contributed by atoms with Crippen molar-refractivity contribution in [2.75, 3.05) is 0 Å². The van der Waals surface area contributed by atoms with E-state index >= 15 is 0 Å². The third-order valence-corrected chi connectivity index (χ3v) is 2.97. The molecule has 0 aliphatic heterocycles. The van der Waals surface area contributed by atoms with E-state index in [2.05, 4.69) is 0 Å². The average Bonchev–Trinajstić information content (AvgIpc) is 2.79. The van der Waals surface area contributed by atoms with E-state index < -0.39 is 0 Å². The summed E-state index contributed by atoms with van der Waals surface area (Å²) in [6.45, 7) is 0.174. The third kappa shape index (κ3) is 2.56. The van der Waals surface area contributed by atoms with Gasteiger partial charge in [-0.1, -0.05) is 23.7 Å².